The average molecular weight is 221 g/mol. The van der Waals surface area contributed by atoms with E-state index in [1.807, 2.05) is 6.07 Å². The van der Waals surface area contributed by atoms with E-state index in [1.54, 1.807) is 7.11 Å². The second-order valence-electron chi connectivity index (χ2n) is 4.10. The number of benzene rings is 1. The van der Waals surface area contributed by atoms with Gasteiger partial charge in [-0.15, -0.1) is 0 Å². The Kier molecular flexibility index (Phi) is 6.12. The van der Waals surface area contributed by atoms with E-state index in [-0.39, 0.29) is 0 Å². The lowest BCUT2D eigenvalue weighted by atomic mass is 10.0. The van der Waals surface area contributed by atoms with E-state index in [9.17, 15) is 0 Å². The molecule has 0 heterocycles. The predicted molar refractivity (Wildman–Crippen MR) is 68.6 cm³/mol. The summed E-state index contributed by atoms with van der Waals surface area (Å²) in [5, 5.41) is 3.65. The maximum Gasteiger partial charge on any atom is 0.0657 e. The van der Waals surface area contributed by atoms with E-state index in [2.05, 4.69) is 43.4 Å². The fourth-order valence-corrected chi connectivity index (χ4v) is 1.90. The molecule has 0 radical (unpaired) electrons. The lowest BCUT2D eigenvalue weighted by molar-refractivity contribution is 0.159. The van der Waals surface area contributed by atoms with Crippen molar-refractivity contribution in [3.63, 3.8) is 0 Å². The molecule has 0 spiro atoms. The molecule has 0 aliphatic heterocycles. The second-order valence-corrected chi connectivity index (χ2v) is 4.10. The number of rotatable bonds is 7. The molecule has 0 aliphatic carbocycles. The molecule has 1 atom stereocenters. The highest BCUT2D eigenvalue weighted by Gasteiger charge is 2.14. The number of ether oxygens (including phenoxy) is 1. The van der Waals surface area contributed by atoms with E-state index in [4.69, 9.17) is 4.74 Å². The summed E-state index contributed by atoms with van der Waals surface area (Å²) < 4.78 is 5.29. The molecule has 1 rings (SSSR count). The number of hydrogen-bond acceptors (Lipinski definition) is 2. The van der Waals surface area contributed by atoms with Gasteiger partial charge in [0.05, 0.1) is 12.6 Å². The van der Waals surface area contributed by atoms with E-state index in [0.29, 0.717) is 12.1 Å². The Hall–Kier alpha value is -0.860. The van der Waals surface area contributed by atoms with Crippen LogP contribution in [0, 0.1) is 0 Å². The van der Waals surface area contributed by atoms with Crippen molar-refractivity contribution in [1.29, 1.82) is 0 Å². The summed E-state index contributed by atoms with van der Waals surface area (Å²) in [6, 6.07) is 11.4. The van der Waals surface area contributed by atoms with Gasteiger partial charge in [0.15, 0.2) is 0 Å². The molecule has 90 valence electrons. The molecule has 0 bridgehead atoms. The number of nitrogens with one attached hydrogen (secondary N) is 1. The van der Waals surface area contributed by atoms with E-state index < -0.39 is 0 Å². The minimum atomic E-state index is 0.302. The van der Waals surface area contributed by atoms with Gasteiger partial charge < -0.3 is 10.1 Å². The van der Waals surface area contributed by atoms with Gasteiger partial charge in [-0.2, -0.15) is 0 Å². The summed E-state index contributed by atoms with van der Waals surface area (Å²) >= 11 is 0. The molecule has 0 saturated heterocycles. The third kappa shape index (κ3) is 3.95. The van der Waals surface area contributed by atoms with Crippen molar-refractivity contribution in [2.45, 2.75) is 38.8 Å². The van der Waals surface area contributed by atoms with Crippen LogP contribution in [0.2, 0.25) is 0 Å². The topological polar surface area (TPSA) is 21.3 Å². The van der Waals surface area contributed by atoms with E-state index in [0.717, 1.165) is 19.4 Å². The Bertz CT molecular complexity index is 269. The van der Waals surface area contributed by atoms with Crippen LogP contribution < -0.4 is 5.32 Å². The molecule has 0 aliphatic rings. The minimum Gasteiger partial charge on any atom is -0.383 e. The van der Waals surface area contributed by atoms with Gasteiger partial charge >= 0.3 is 0 Å². The second kappa shape index (κ2) is 7.42. The van der Waals surface area contributed by atoms with E-state index >= 15 is 0 Å². The zero-order chi connectivity index (χ0) is 11.8. The highest BCUT2D eigenvalue weighted by atomic mass is 16.5. The average Bonchev–Trinajstić information content (AvgIpc) is 2.35. The van der Waals surface area contributed by atoms with E-state index in [1.165, 1.54) is 5.56 Å². The zero-order valence-electron chi connectivity index (χ0n) is 10.6. The predicted octanol–water partition coefficient (Wildman–Crippen LogP) is 3.15. The molecular weight excluding hydrogens is 198 g/mol. The van der Waals surface area contributed by atoms with Crippen molar-refractivity contribution in [2.24, 2.45) is 0 Å². The summed E-state index contributed by atoms with van der Waals surface area (Å²) in [6.45, 7) is 5.16. The molecule has 1 aromatic carbocycles. The Morgan fingerprint density at radius 1 is 1.12 bits per heavy atom. The first kappa shape index (κ1) is 13.2. The van der Waals surface area contributed by atoms with Crippen LogP contribution in [0.4, 0.5) is 0 Å². The summed E-state index contributed by atoms with van der Waals surface area (Å²) in [7, 11) is 1.75. The molecule has 0 amide bonds. The molecule has 2 heteroatoms. The van der Waals surface area contributed by atoms with Gasteiger partial charge in [-0.05, 0) is 18.4 Å². The largest absolute Gasteiger partial charge is 0.383 e. The lowest BCUT2D eigenvalue weighted by Gasteiger charge is -2.24. The molecule has 0 fully saturated rings. The third-order valence-electron chi connectivity index (χ3n) is 2.96. The number of hydrogen-bond donors (Lipinski definition) is 1. The van der Waals surface area contributed by atoms with Gasteiger partial charge in [-0.3, -0.25) is 0 Å². The van der Waals surface area contributed by atoms with Crippen LogP contribution in [0.3, 0.4) is 0 Å². The normalized spacial score (nSPS) is 13.0. The van der Waals surface area contributed by atoms with Gasteiger partial charge in [0.2, 0.25) is 0 Å². The third-order valence-corrected chi connectivity index (χ3v) is 2.96. The first-order chi connectivity index (χ1) is 7.81. The van der Waals surface area contributed by atoms with Gasteiger partial charge in [0.25, 0.3) is 0 Å². The van der Waals surface area contributed by atoms with Gasteiger partial charge in [0, 0.05) is 13.2 Å². The van der Waals surface area contributed by atoms with Gasteiger partial charge in [-0.25, -0.2) is 0 Å². The standard InChI is InChI=1S/C14H23NO/c1-4-13(5-2)15-14(11-16-3)12-9-7-6-8-10-12/h6-10,13-15H,4-5,11H2,1-3H3. The van der Waals surface area contributed by atoms with Crippen LogP contribution in [0.25, 0.3) is 0 Å². The summed E-state index contributed by atoms with van der Waals surface area (Å²) in [4.78, 5) is 0. The highest BCUT2D eigenvalue weighted by Crippen LogP contribution is 2.15. The fraction of sp³-hybridized carbons (Fsp3) is 0.571. The highest BCUT2D eigenvalue weighted by molar-refractivity contribution is 5.19. The molecule has 0 saturated carbocycles. The van der Waals surface area contributed by atoms with Crippen molar-refractivity contribution in [1.82, 2.24) is 5.32 Å². The smallest absolute Gasteiger partial charge is 0.0657 e. The Labute approximate surface area is 99.0 Å². The lowest BCUT2D eigenvalue weighted by Crippen LogP contribution is -2.34. The minimum absolute atomic E-state index is 0.302. The SMILES string of the molecule is CCC(CC)NC(COC)c1ccccc1. The first-order valence-electron chi connectivity index (χ1n) is 6.11. The quantitative estimate of drug-likeness (QED) is 0.763. The van der Waals surface area contributed by atoms with Crippen LogP contribution in [0.15, 0.2) is 30.3 Å². The summed E-state index contributed by atoms with van der Waals surface area (Å²) in [5.41, 5.74) is 1.30. The molecule has 2 nitrogen and oxygen atoms in total. The monoisotopic (exact) mass is 221 g/mol. The van der Waals surface area contributed by atoms with Gasteiger partial charge in [0.1, 0.15) is 0 Å². The van der Waals surface area contributed by atoms with Crippen molar-refractivity contribution < 1.29 is 4.74 Å². The first-order valence-corrected chi connectivity index (χ1v) is 6.11. The Morgan fingerprint density at radius 3 is 2.25 bits per heavy atom. The van der Waals surface area contributed by atoms with Crippen LogP contribution >= 0.6 is 0 Å². The Morgan fingerprint density at radius 2 is 1.75 bits per heavy atom. The molecule has 16 heavy (non-hydrogen) atoms. The van der Waals surface area contributed by atoms with Crippen LogP contribution in [-0.2, 0) is 4.74 Å². The van der Waals surface area contributed by atoms with Crippen molar-refractivity contribution in [3.8, 4) is 0 Å². The van der Waals surface area contributed by atoms with Crippen LogP contribution in [0.1, 0.15) is 38.3 Å². The fourth-order valence-electron chi connectivity index (χ4n) is 1.90. The van der Waals surface area contributed by atoms with Gasteiger partial charge in [-0.1, -0.05) is 44.2 Å². The molecule has 1 aromatic rings. The Balaban J connectivity index is 2.67. The molecular formula is C14H23NO. The molecule has 1 unspecified atom stereocenters. The van der Waals surface area contributed by atoms with Crippen molar-refractivity contribution >= 4 is 0 Å². The maximum atomic E-state index is 5.29. The summed E-state index contributed by atoms with van der Waals surface area (Å²) in [5.74, 6) is 0. The van der Waals surface area contributed by atoms with Crippen molar-refractivity contribution in [2.75, 3.05) is 13.7 Å². The number of methoxy groups -OCH3 is 1. The molecule has 1 N–H and O–H groups in total. The van der Waals surface area contributed by atoms with Crippen LogP contribution in [0.5, 0.6) is 0 Å². The van der Waals surface area contributed by atoms with Crippen LogP contribution in [-0.4, -0.2) is 19.8 Å². The molecule has 0 aromatic heterocycles. The summed E-state index contributed by atoms with van der Waals surface area (Å²) in [6.07, 6.45) is 2.31. The maximum absolute atomic E-state index is 5.29. The van der Waals surface area contributed by atoms with Crippen molar-refractivity contribution in [3.05, 3.63) is 35.9 Å². The zero-order valence-corrected chi connectivity index (χ0v) is 10.6.